The van der Waals surface area contributed by atoms with Crippen LogP contribution in [0.2, 0.25) is 0 Å². The van der Waals surface area contributed by atoms with E-state index in [0.717, 1.165) is 20.8 Å². The molecule has 0 radical (unpaired) electrons. The summed E-state index contributed by atoms with van der Waals surface area (Å²) in [6, 6.07) is 29.3. The molecule has 2 heterocycles. The average Bonchev–Trinajstić information content (AvgIpc) is 2.84. The Hall–Kier alpha value is -3.11. The van der Waals surface area contributed by atoms with E-state index in [1.54, 1.807) is 0 Å². The van der Waals surface area contributed by atoms with Crippen LogP contribution < -0.4 is 9.88 Å². The number of fused-ring (bicyclic) bond motifs is 1. The van der Waals surface area contributed by atoms with Crippen LogP contribution in [0.15, 0.2) is 112 Å². The fourth-order valence-electron chi connectivity index (χ4n) is 4.66. The van der Waals surface area contributed by atoms with Crippen LogP contribution in [0.4, 0.5) is 0 Å². The van der Waals surface area contributed by atoms with Crippen LogP contribution in [0.3, 0.4) is 0 Å². The van der Waals surface area contributed by atoms with E-state index in [-0.39, 0.29) is 0 Å². The number of benzene rings is 3. The summed E-state index contributed by atoms with van der Waals surface area (Å²) in [6.45, 7) is 0. The first-order valence-corrected chi connectivity index (χ1v) is 11.8. The first-order valence-electron chi connectivity index (χ1n) is 10.6. The quantitative estimate of drug-likeness (QED) is 0.256. The number of aromatic nitrogens is 1. The largest absolute Gasteiger partial charge is 0.362 e. The van der Waals surface area contributed by atoms with Gasteiger partial charge in [-0.1, -0.05) is 76.6 Å². The Morgan fingerprint density at radius 1 is 0.939 bits per heavy atom. The van der Waals surface area contributed by atoms with Crippen LogP contribution in [0.5, 0.6) is 0 Å². The van der Waals surface area contributed by atoms with Gasteiger partial charge in [-0.3, -0.25) is 0 Å². The number of hydrogen-bond donors (Lipinski definition) is 3. The molecule has 0 spiro atoms. The number of allylic oxidation sites excluding steroid dienone is 1. The summed E-state index contributed by atoms with van der Waals surface area (Å²) >= 11 is 8.11. The second-order valence-electron chi connectivity index (χ2n) is 8.13. The van der Waals surface area contributed by atoms with Crippen LogP contribution in [-0.4, -0.2) is 5.11 Å². The predicted molar refractivity (Wildman–Crippen MR) is 135 cm³/mol. The zero-order valence-electron chi connectivity index (χ0n) is 17.6. The molecule has 0 bridgehead atoms. The smallest absolute Gasteiger partial charge is 0.227 e. The third kappa shape index (κ3) is 3.83. The second-order valence-corrected chi connectivity index (χ2v) is 9.49. The zero-order valence-corrected chi connectivity index (χ0v) is 20.0. The standard InChI is InChI=1S/C27H20BrN3OS/c28-22-12-10-19(11-13-22)24-23(16-29)26(33)30-27(32,21-8-2-1-3-9-21)25(24)31-15-14-18-6-4-5-7-20(18)17-31/h1-15,17,24-25,30,32H/p+1/t24-,25+,27+/m0/s1. The van der Waals surface area contributed by atoms with Gasteiger partial charge in [-0.15, -0.1) is 12.6 Å². The summed E-state index contributed by atoms with van der Waals surface area (Å²) in [5.74, 6) is -0.437. The Labute approximate surface area is 206 Å². The van der Waals surface area contributed by atoms with Crippen molar-refractivity contribution >= 4 is 39.3 Å². The van der Waals surface area contributed by atoms with Crippen molar-refractivity contribution < 1.29 is 9.67 Å². The van der Waals surface area contributed by atoms with Gasteiger partial charge in [0.1, 0.15) is 0 Å². The number of nitrogens with one attached hydrogen (secondary N) is 1. The first-order chi connectivity index (χ1) is 16.0. The van der Waals surface area contributed by atoms with Crippen molar-refractivity contribution in [2.75, 3.05) is 0 Å². The highest BCUT2D eigenvalue weighted by Crippen LogP contribution is 2.47. The number of nitriles is 1. The van der Waals surface area contributed by atoms with Gasteiger partial charge in [0.2, 0.25) is 11.8 Å². The molecule has 3 aromatic carbocycles. The summed E-state index contributed by atoms with van der Waals surface area (Å²) in [6.07, 6.45) is 3.99. The minimum absolute atomic E-state index is 0.370. The van der Waals surface area contributed by atoms with E-state index < -0.39 is 17.7 Å². The van der Waals surface area contributed by atoms with Crippen LogP contribution in [-0.2, 0) is 5.72 Å². The molecule has 0 saturated carbocycles. The number of nitrogens with zero attached hydrogens (tertiary/aromatic N) is 2. The lowest BCUT2D eigenvalue weighted by molar-refractivity contribution is -0.742. The Bertz CT molecular complexity index is 1400. The molecule has 0 unspecified atom stereocenters. The minimum atomic E-state index is -1.51. The number of rotatable bonds is 3. The first kappa shape index (κ1) is 21.7. The third-order valence-corrected chi connectivity index (χ3v) is 7.10. The highest BCUT2D eigenvalue weighted by atomic mass is 79.9. The van der Waals surface area contributed by atoms with Gasteiger partial charge >= 0.3 is 0 Å². The van der Waals surface area contributed by atoms with Crippen molar-refractivity contribution in [1.82, 2.24) is 5.32 Å². The van der Waals surface area contributed by atoms with Crippen molar-refractivity contribution in [2.45, 2.75) is 17.7 Å². The number of hydrogen-bond acceptors (Lipinski definition) is 4. The van der Waals surface area contributed by atoms with E-state index in [4.69, 9.17) is 0 Å². The Balaban J connectivity index is 1.80. The van der Waals surface area contributed by atoms with E-state index in [0.29, 0.717) is 16.2 Å². The van der Waals surface area contributed by atoms with E-state index in [1.807, 2.05) is 95.8 Å². The Kier molecular flexibility index (Phi) is 5.71. The lowest BCUT2D eigenvalue weighted by atomic mass is 9.75. The molecule has 1 aliphatic heterocycles. The van der Waals surface area contributed by atoms with Crippen LogP contribution >= 0.6 is 28.6 Å². The third-order valence-electron chi connectivity index (χ3n) is 6.21. The van der Waals surface area contributed by atoms with Gasteiger partial charge in [0.15, 0.2) is 12.4 Å². The van der Waals surface area contributed by atoms with Gasteiger partial charge in [-0.2, -0.15) is 9.83 Å². The van der Waals surface area contributed by atoms with Gasteiger partial charge in [0.25, 0.3) is 0 Å². The predicted octanol–water partition coefficient (Wildman–Crippen LogP) is 5.33. The Morgan fingerprint density at radius 2 is 1.61 bits per heavy atom. The maximum absolute atomic E-state index is 12.3. The molecule has 6 heteroatoms. The van der Waals surface area contributed by atoms with Gasteiger partial charge in [-0.05, 0) is 29.1 Å². The van der Waals surface area contributed by atoms with Crippen molar-refractivity contribution in [3.63, 3.8) is 0 Å². The molecule has 33 heavy (non-hydrogen) atoms. The van der Waals surface area contributed by atoms with Crippen molar-refractivity contribution in [3.05, 3.63) is 124 Å². The topological polar surface area (TPSA) is 59.9 Å². The van der Waals surface area contributed by atoms with Gasteiger partial charge in [0, 0.05) is 21.5 Å². The molecule has 0 saturated heterocycles. The molecule has 162 valence electrons. The highest BCUT2D eigenvalue weighted by molar-refractivity contribution is 9.10. The van der Waals surface area contributed by atoms with Gasteiger partial charge in [0.05, 0.1) is 22.6 Å². The maximum atomic E-state index is 12.3. The molecule has 4 nitrogen and oxygen atoms in total. The summed E-state index contributed by atoms with van der Waals surface area (Å²) in [5.41, 5.74) is 0.583. The van der Waals surface area contributed by atoms with Crippen LogP contribution in [0, 0.1) is 11.3 Å². The average molecular weight is 515 g/mol. The molecule has 0 amide bonds. The van der Waals surface area contributed by atoms with E-state index in [9.17, 15) is 10.4 Å². The molecule has 0 aliphatic carbocycles. The normalized spacial score (nSPS) is 22.6. The number of thiol groups is 1. The molecule has 3 atom stereocenters. The fraction of sp³-hybridized carbons (Fsp3) is 0.111. The molecule has 5 rings (SSSR count). The number of pyridine rings is 1. The molecule has 0 fully saturated rings. The molecule has 4 aromatic rings. The van der Waals surface area contributed by atoms with E-state index in [2.05, 4.69) is 46.0 Å². The lowest BCUT2D eigenvalue weighted by Crippen LogP contribution is -2.62. The van der Waals surface area contributed by atoms with Crippen LogP contribution in [0.1, 0.15) is 23.1 Å². The molecule has 2 N–H and O–H groups in total. The van der Waals surface area contributed by atoms with Gasteiger partial charge < -0.3 is 10.4 Å². The Morgan fingerprint density at radius 3 is 2.30 bits per heavy atom. The number of halogens is 1. The zero-order chi connectivity index (χ0) is 23.0. The summed E-state index contributed by atoms with van der Waals surface area (Å²) < 4.78 is 2.95. The molecular weight excluding hydrogens is 494 g/mol. The summed E-state index contributed by atoms with van der Waals surface area (Å²) in [7, 11) is 0. The SMILES string of the molecule is N#CC1=C(S)N[C@@](O)(c2ccccc2)[C@H]([n+]2ccc3ccccc3c2)[C@H]1c1ccc(Br)cc1. The summed E-state index contributed by atoms with van der Waals surface area (Å²) in [5, 5.41) is 28.1. The molecule has 1 aliphatic rings. The monoisotopic (exact) mass is 514 g/mol. The van der Waals surface area contributed by atoms with E-state index in [1.165, 1.54) is 0 Å². The minimum Gasteiger partial charge on any atom is -0.362 e. The van der Waals surface area contributed by atoms with Crippen molar-refractivity contribution in [1.29, 1.82) is 5.26 Å². The highest BCUT2D eigenvalue weighted by Gasteiger charge is 2.55. The van der Waals surface area contributed by atoms with Crippen molar-refractivity contribution in [3.8, 4) is 6.07 Å². The lowest BCUT2D eigenvalue weighted by Gasteiger charge is -2.42. The maximum Gasteiger partial charge on any atom is 0.227 e. The van der Waals surface area contributed by atoms with E-state index >= 15 is 0 Å². The van der Waals surface area contributed by atoms with Crippen molar-refractivity contribution in [2.24, 2.45) is 0 Å². The number of aliphatic hydroxyl groups is 1. The fourth-order valence-corrected chi connectivity index (χ4v) is 5.28. The molecule has 1 aromatic heterocycles. The van der Waals surface area contributed by atoms with Crippen LogP contribution in [0.25, 0.3) is 10.8 Å². The molecular formula is C27H21BrN3OS+. The van der Waals surface area contributed by atoms with Gasteiger partial charge in [-0.25, -0.2) is 0 Å². The summed E-state index contributed by atoms with van der Waals surface area (Å²) in [4.78, 5) is 0. The second kappa shape index (κ2) is 8.68.